The van der Waals surface area contributed by atoms with Gasteiger partial charge < -0.3 is 15.7 Å². The average Bonchev–Trinajstić information content (AvgIpc) is 2.47. The predicted octanol–water partition coefficient (Wildman–Crippen LogP) is 0.930. The lowest BCUT2D eigenvalue weighted by Gasteiger charge is -2.07. The molecule has 0 bridgehead atoms. The molecule has 0 fully saturated rings. The summed E-state index contributed by atoms with van der Waals surface area (Å²) in [5.41, 5.74) is 1.04. The first kappa shape index (κ1) is 13.2. The van der Waals surface area contributed by atoms with Crippen LogP contribution in [0.15, 0.2) is 36.8 Å². The average molecular weight is 259 g/mol. The first-order valence-electron chi connectivity index (χ1n) is 6.19. The van der Waals surface area contributed by atoms with Crippen LogP contribution in [-0.2, 0) is 6.42 Å². The second kappa shape index (κ2) is 7.27. The molecule has 0 atom stereocenters. The molecule has 100 valence electrons. The van der Waals surface area contributed by atoms with Crippen LogP contribution in [0.3, 0.4) is 0 Å². The van der Waals surface area contributed by atoms with E-state index in [4.69, 9.17) is 5.11 Å². The number of aliphatic hydroxyl groups is 1. The fourth-order valence-electron chi connectivity index (χ4n) is 1.60. The van der Waals surface area contributed by atoms with Crippen molar-refractivity contribution in [3.05, 3.63) is 42.5 Å². The highest BCUT2D eigenvalue weighted by molar-refractivity contribution is 5.46. The van der Waals surface area contributed by atoms with Crippen LogP contribution in [0.1, 0.15) is 5.69 Å². The molecule has 0 saturated carbocycles. The van der Waals surface area contributed by atoms with Crippen molar-refractivity contribution in [2.45, 2.75) is 6.42 Å². The lowest BCUT2D eigenvalue weighted by molar-refractivity contribution is 0.311. The second-order valence-electron chi connectivity index (χ2n) is 3.94. The minimum Gasteiger partial charge on any atom is -0.395 e. The molecule has 0 aliphatic carbocycles. The summed E-state index contributed by atoms with van der Waals surface area (Å²) in [6, 6.07) is 7.69. The van der Waals surface area contributed by atoms with E-state index >= 15 is 0 Å². The summed E-state index contributed by atoms with van der Waals surface area (Å²) in [6.07, 6.45) is 4.12. The molecular weight excluding hydrogens is 242 g/mol. The Bertz CT molecular complexity index is 491. The van der Waals surface area contributed by atoms with Crippen molar-refractivity contribution >= 4 is 11.6 Å². The monoisotopic (exact) mass is 259 g/mol. The van der Waals surface area contributed by atoms with E-state index < -0.39 is 0 Å². The zero-order chi connectivity index (χ0) is 13.3. The van der Waals surface area contributed by atoms with Gasteiger partial charge in [0.15, 0.2) is 0 Å². The minimum absolute atomic E-state index is 0.0758. The fraction of sp³-hybridized carbons (Fsp3) is 0.308. The van der Waals surface area contributed by atoms with E-state index in [2.05, 4.69) is 25.6 Å². The number of aromatic nitrogens is 3. The Labute approximate surface area is 112 Å². The Kier molecular flexibility index (Phi) is 5.06. The molecule has 0 aliphatic rings. The summed E-state index contributed by atoms with van der Waals surface area (Å²) in [7, 11) is 0. The minimum atomic E-state index is 0.0758. The summed E-state index contributed by atoms with van der Waals surface area (Å²) in [6.45, 7) is 1.31. The molecule has 0 saturated heterocycles. The summed E-state index contributed by atoms with van der Waals surface area (Å²) >= 11 is 0. The van der Waals surface area contributed by atoms with Gasteiger partial charge in [0.25, 0.3) is 0 Å². The molecule has 2 rings (SSSR count). The number of pyridine rings is 1. The molecule has 6 heteroatoms. The van der Waals surface area contributed by atoms with Crippen LogP contribution in [0, 0.1) is 0 Å². The van der Waals surface area contributed by atoms with Gasteiger partial charge in [0.1, 0.15) is 18.0 Å². The van der Waals surface area contributed by atoms with Crippen molar-refractivity contribution in [1.29, 1.82) is 0 Å². The quantitative estimate of drug-likeness (QED) is 0.686. The first-order valence-corrected chi connectivity index (χ1v) is 6.19. The topological polar surface area (TPSA) is 83.0 Å². The second-order valence-corrected chi connectivity index (χ2v) is 3.94. The molecule has 19 heavy (non-hydrogen) atoms. The van der Waals surface area contributed by atoms with Crippen molar-refractivity contribution in [2.24, 2.45) is 0 Å². The molecule has 0 radical (unpaired) electrons. The van der Waals surface area contributed by atoms with Gasteiger partial charge in [-0.3, -0.25) is 4.98 Å². The zero-order valence-corrected chi connectivity index (χ0v) is 10.6. The van der Waals surface area contributed by atoms with Gasteiger partial charge in [-0.2, -0.15) is 0 Å². The van der Waals surface area contributed by atoms with Gasteiger partial charge in [-0.1, -0.05) is 6.07 Å². The highest BCUT2D eigenvalue weighted by atomic mass is 16.3. The Morgan fingerprint density at radius 1 is 1.00 bits per heavy atom. The third kappa shape index (κ3) is 4.51. The SMILES string of the molecule is OCCNc1cc(NCCc2ccccn2)ncn1. The fourth-order valence-corrected chi connectivity index (χ4v) is 1.60. The highest BCUT2D eigenvalue weighted by Gasteiger charge is 1.98. The van der Waals surface area contributed by atoms with Gasteiger partial charge in [-0.25, -0.2) is 9.97 Å². The van der Waals surface area contributed by atoms with Crippen LogP contribution in [0.2, 0.25) is 0 Å². The normalized spacial score (nSPS) is 10.2. The number of anilines is 2. The van der Waals surface area contributed by atoms with E-state index in [0.29, 0.717) is 12.4 Å². The van der Waals surface area contributed by atoms with Gasteiger partial charge in [0, 0.05) is 37.5 Å². The van der Waals surface area contributed by atoms with E-state index in [9.17, 15) is 0 Å². The summed E-state index contributed by atoms with van der Waals surface area (Å²) in [5.74, 6) is 1.45. The number of rotatable bonds is 7. The number of hydrogen-bond acceptors (Lipinski definition) is 6. The van der Waals surface area contributed by atoms with Crippen LogP contribution in [-0.4, -0.2) is 39.8 Å². The van der Waals surface area contributed by atoms with Crippen molar-refractivity contribution in [1.82, 2.24) is 15.0 Å². The Morgan fingerprint density at radius 2 is 1.79 bits per heavy atom. The summed E-state index contributed by atoms with van der Waals surface area (Å²) in [5, 5.41) is 14.9. The Balaban J connectivity index is 1.82. The van der Waals surface area contributed by atoms with E-state index in [1.165, 1.54) is 6.33 Å². The van der Waals surface area contributed by atoms with Crippen molar-refractivity contribution in [3.8, 4) is 0 Å². The lowest BCUT2D eigenvalue weighted by Crippen LogP contribution is -2.10. The Hall–Kier alpha value is -2.21. The summed E-state index contributed by atoms with van der Waals surface area (Å²) in [4.78, 5) is 12.4. The molecule has 0 unspecified atom stereocenters. The third-order valence-corrected chi connectivity index (χ3v) is 2.50. The molecule has 0 spiro atoms. The maximum atomic E-state index is 8.74. The lowest BCUT2D eigenvalue weighted by atomic mass is 10.3. The van der Waals surface area contributed by atoms with Gasteiger partial charge in [-0.15, -0.1) is 0 Å². The molecule has 6 nitrogen and oxygen atoms in total. The first-order chi connectivity index (χ1) is 9.38. The van der Waals surface area contributed by atoms with Crippen LogP contribution >= 0.6 is 0 Å². The third-order valence-electron chi connectivity index (χ3n) is 2.50. The Morgan fingerprint density at radius 3 is 2.47 bits per heavy atom. The van der Waals surface area contributed by atoms with Crippen LogP contribution in [0.5, 0.6) is 0 Å². The van der Waals surface area contributed by atoms with Crippen LogP contribution in [0.4, 0.5) is 11.6 Å². The maximum absolute atomic E-state index is 8.74. The highest BCUT2D eigenvalue weighted by Crippen LogP contribution is 2.08. The number of nitrogens with zero attached hydrogens (tertiary/aromatic N) is 3. The molecule has 2 aromatic rings. The molecule has 0 aliphatic heterocycles. The zero-order valence-electron chi connectivity index (χ0n) is 10.6. The summed E-state index contributed by atoms with van der Waals surface area (Å²) < 4.78 is 0. The van der Waals surface area contributed by atoms with E-state index in [1.54, 1.807) is 6.20 Å². The van der Waals surface area contributed by atoms with Gasteiger partial charge >= 0.3 is 0 Å². The standard InChI is InChI=1S/C13H17N5O/c19-8-7-16-13-9-12(17-10-18-13)15-6-4-11-3-1-2-5-14-11/h1-3,5,9-10,19H,4,6-8H2,(H2,15,16,17,18). The largest absolute Gasteiger partial charge is 0.395 e. The van der Waals surface area contributed by atoms with E-state index in [0.717, 1.165) is 24.5 Å². The van der Waals surface area contributed by atoms with Crippen LogP contribution in [0.25, 0.3) is 0 Å². The predicted molar refractivity (Wildman–Crippen MR) is 74.0 cm³/mol. The molecular formula is C13H17N5O. The van der Waals surface area contributed by atoms with Gasteiger partial charge in [-0.05, 0) is 12.1 Å². The molecule has 0 aromatic carbocycles. The van der Waals surface area contributed by atoms with Gasteiger partial charge in [0.2, 0.25) is 0 Å². The molecule has 2 aromatic heterocycles. The van der Waals surface area contributed by atoms with E-state index in [-0.39, 0.29) is 6.61 Å². The number of aliphatic hydroxyl groups excluding tert-OH is 1. The molecule has 2 heterocycles. The molecule has 3 N–H and O–H groups in total. The smallest absolute Gasteiger partial charge is 0.131 e. The maximum Gasteiger partial charge on any atom is 0.131 e. The van der Waals surface area contributed by atoms with Crippen molar-refractivity contribution < 1.29 is 5.11 Å². The number of hydrogen-bond donors (Lipinski definition) is 3. The van der Waals surface area contributed by atoms with Crippen molar-refractivity contribution in [3.63, 3.8) is 0 Å². The van der Waals surface area contributed by atoms with Crippen molar-refractivity contribution in [2.75, 3.05) is 30.3 Å². The van der Waals surface area contributed by atoms with Gasteiger partial charge in [0.05, 0.1) is 6.61 Å². The van der Waals surface area contributed by atoms with E-state index in [1.807, 2.05) is 24.3 Å². The van der Waals surface area contributed by atoms with Crippen LogP contribution < -0.4 is 10.6 Å². The molecule has 0 amide bonds. The number of nitrogens with one attached hydrogen (secondary N) is 2.